The topological polar surface area (TPSA) is 42.2 Å². The molecule has 0 aliphatic carbocycles. The number of nitrogens with zero attached hydrogens (tertiary/aromatic N) is 1. The van der Waals surface area contributed by atoms with Crippen LogP contribution in [-0.4, -0.2) is 19.8 Å². The molecule has 0 amide bonds. The Morgan fingerprint density at radius 2 is 1.62 bits per heavy atom. The summed E-state index contributed by atoms with van der Waals surface area (Å²) >= 11 is 0. The van der Waals surface area contributed by atoms with E-state index in [9.17, 15) is 0 Å². The van der Waals surface area contributed by atoms with Crippen molar-refractivity contribution in [3.63, 3.8) is 0 Å². The van der Waals surface area contributed by atoms with Crippen LogP contribution in [0.15, 0.2) is 24.3 Å². The molecular formula is C18H27NO2. The first kappa shape index (κ1) is 17.5. The van der Waals surface area contributed by atoms with Crippen LogP contribution in [0.4, 0.5) is 0 Å². The summed E-state index contributed by atoms with van der Waals surface area (Å²) in [5, 5.41) is 8.60. The Labute approximate surface area is 128 Å². The summed E-state index contributed by atoms with van der Waals surface area (Å²) in [4.78, 5) is 0. The number of hydrogen-bond acceptors (Lipinski definition) is 3. The second kappa shape index (κ2) is 12.2. The summed E-state index contributed by atoms with van der Waals surface area (Å²) < 4.78 is 11.1. The minimum Gasteiger partial charge on any atom is -0.491 e. The second-order valence-electron chi connectivity index (χ2n) is 5.21. The predicted octanol–water partition coefficient (Wildman–Crippen LogP) is 4.51. The average molecular weight is 289 g/mol. The molecule has 0 aliphatic heterocycles. The van der Waals surface area contributed by atoms with Crippen LogP contribution in [0.1, 0.15) is 51.0 Å². The third-order valence-corrected chi connectivity index (χ3v) is 3.35. The van der Waals surface area contributed by atoms with Crippen LogP contribution in [0.2, 0.25) is 0 Å². The SMILES string of the molecule is CCCCCCCCOCCOc1ccc(CC#N)cc1. The number of benzene rings is 1. The van der Waals surface area contributed by atoms with Gasteiger partial charge in [-0.2, -0.15) is 5.26 Å². The zero-order valence-corrected chi connectivity index (χ0v) is 13.1. The quantitative estimate of drug-likeness (QED) is 0.532. The van der Waals surface area contributed by atoms with E-state index in [-0.39, 0.29) is 0 Å². The maximum absolute atomic E-state index is 8.60. The van der Waals surface area contributed by atoms with Gasteiger partial charge in [0, 0.05) is 6.61 Å². The van der Waals surface area contributed by atoms with Crippen molar-refractivity contribution in [3.05, 3.63) is 29.8 Å². The highest BCUT2D eigenvalue weighted by Gasteiger charge is 1.96. The van der Waals surface area contributed by atoms with E-state index in [1.165, 1.54) is 32.1 Å². The van der Waals surface area contributed by atoms with Gasteiger partial charge in [0.15, 0.2) is 0 Å². The molecule has 1 aromatic rings. The molecule has 0 aromatic heterocycles. The standard InChI is InChI=1S/C18H27NO2/c1-2-3-4-5-6-7-14-20-15-16-21-18-10-8-17(9-11-18)12-13-19/h8-11H,2-7,12,14-16H2,1H3. The van der Waals surface area contributed by atoms with E-state index in [0.29, 0.717) is 19.6 Å². The van der Waals surface area contributed by atoms with Gasteiger partial charge in [-0.3, -0.25) is 0 Å². The zero-order valence-electron chi connectivity index (χ0n) is 13.1. The fourth-order valence-electron chi connectivity index (χ4n) is 2.10. The molecule has 0 fully saturated rings. The Kier molecular flexibility index (Phi) is 10.2. The van der Waals surface area contributed by atoms with Crippen LogP contribution in [-0.2, 0) is 11.2 Å². The predicted molar refractivity (Wildman–Crippen MR) is 85.4 cm³/mol. The summed E-state index contributed by atoms with van der Waals surface area (Å²) in [6.45, 7) is 4.28. The minimum absolute atomic E-state index is 0.446. The highest BCUT2D eigenvalue weighted by molar-refractivity contribution is 5.28. The van der Waals surface area contributed by atoms with Crippen LogP contribution in [0, 0.1) is 11.3 Å². The fourth-order valence-corrected chi connectivity index (χ4v) is 2.10. The molecule has 0 spiro atoms. The second-order valence-corrected chi connectivity index (χ2v) is 5.21. The van der Waals surface area contributed by atoms with Crippen molar-refractivity contribution < 1.29 is 9.47 Å². The molecular weight excluding hydrogens is 262 g/mol. The molecule has 0 saturated heterocycles. The first-order valence-corrected chi connectivity index (χ1v) is 8.03. The molecule has 116 valence electrons. The van der Waals surface area contributed by atoms with Crippen molar-refractivity contribution in [3.8, 4) is 11.8 Å². The van der Waals surface area contributed by atoms with Crippen molar-refractivity contribution in [2.24, 2.45) is 0 Å². The number of hydrogen-bond donors (Lipinski definition) is 0. The normalized spacial score (nSPS) is 10.3. The molecule has 0 N–H and O–H groups in total. The molecule has 3 heteroatoms. The molecule has 1 rings (SSSR count). The van der Waals surface area contributed by atoms with Gasteiger partial charge in [-0.25, -0.2) is 0 Å². The van der Waals surface area contributed by atoms with Crippen molar-refractivity contribution in [1.82, 2.24) is 0 Å². The lowest BCUT2D eigenvalue weighted by molar-refractivity contribution is 0.0970. The van der Waals surface area contributed by atoms with E-state index in [1.807, 2.05) is 24.3 Å². The molecule has 3 nitrogen and oxygen atoms in total. The molecule has 1 aromatic carbocycles. The first-order chi connectivity index (χ1) is 10.4. The Morgan fingerprint density at radius 1 is 0.905 bits per heavy atom. The number of ether oxygens (including phenoxy) is 2. The lowest BCUT2D eigenvalue weighted by atomic mass is 10.1. The Morgan fingerprint density at radius 3 is 2.33 bits per heavy atom. The fraction of sp³-hybridized carbons (Fsp3) is 0.611. The highest BCUT2D eigenvalue weighted by atomic mass is 16.5. The van der Waals surface area contributed by atoms with E-state index in [2.05, 4.69) is 13.0 Å². The summed E-state index contributed by atoms with van der Waals surface area (Å²) in [7, 11) is 0. The van der Waals surface area contributed by atoms with Gasteiger partial charge in [0.1, 0.15) is 12.4 Å². The molecule has 0 unspecified atom stereocenters. The van der Waals surface area contributed by atoms with Gasteiger partial charge in [-0.05, 0) is 24.1 Å². The molecule has 0 bridgehead atoms. The maximum atomic E-state index is 8.60. The minimum atomic E-state index is 0.446. The third-order valence-electron chi connectivity index (χ3n) is 3.35. The van der Waals surface area contributed by atoms with E-state index in [4.69, 9.17) is 14.7 Å². The molecule has 0 saturated carbocycles. The Bertz CT molecular complexity index is 395. The van der Waals surface area contributed by atoms with Crippen molar-refractivity contribution in [2.45, 2.75) is 51.9 Å². The number of unbranched alkanes of at least 4 members (excludes halogenated alkanes) is 5. The lowest BCUT2D eigenvalue weighted by Crippen LogP contribution is -2.07. The van der Waals surface area contributed by atoms with Crippen molar-refractivity contribution in [1.29, 1.82) is 5.26 Å². The van der Waals surface area contributed by atoms with Crippen molar-refractivity contribution in [2.75, 3.05) is 19.8 Å². The van der Waals surface area contributed by atoms with Crippen LogP contribution in [0.25, 0.3) is 0 Å². The Balaban J connectivity index is 1.95. The number of nitriles is 1. The van der Waals surface area contributed by atoms with Gasteiger partial charge in [0.2, 0.25) is 0 Å². The summed E-state index contributed by atoms with van der Waals surface area (Å²) in [5.74, 6) is 0.833. The molecule has 0 atom stereocenters. The zero-order chi connectivity index (χ0) is 15.2. The van der Waals surface area contributed by atoms with Crippen LogP contribution in [0.5, 0.6) is 5.75 Å². The molecule has 0 radical (unpaired) electrons. The summed E-state index contributed by atoms with van der Waals surface area (Å²) in [6, 6.07) is 9.79. The molecule has 0 aliphatic rings. The van der Waals surface area contributed by atoms with Crippen molar-refractivity contribution >= 4 is 0 Å². The molecule has 21 heavy (non-hydrogen) atoms. The number of rotatable bonds is 12. The molecule has 0 heterocycles. The van der Waals surface area contributed by atoms with Gasteiger partial charge in [-0.1, -0.05) is 51.2 Å². The lowest BCUT2D eigenvalue weighted by Gasteiger charge is -2.07. The smallest absolute Gasteiger partial charge is 0.119 e. The monoisotopic (exact) mass is 289 g/mol. The third kappa shape index (κ3) is 9.10. The Hall–Kier alpha value is -1.53. The summed E-state index contributed by atoms with van der Waals surface area (Å²) in [6.07, 6.45) is 8.17. The van der Waals surface area contributed by atoms with Crippen LogP contribution >= 0.6 is 0 Å². The van der Waals surface area contributed by atoms with Gasteiger partial charge in [0.25, 0.3) is 0 Å². The van der Waals surface area contributed by atoms with E-state index in [0.717, 1.165) is 24.3 Å². The van der Waals surface area contributed by atoms with Gasteiger partial charge < -0.3 is 9.47 Å². The van der Waals surface area contributed by atoms with Gasteiger partial charge in [0.05, 0.1) is 19.1 Å². The van der Waals surface area contributed by atoms with E-state index in [1.54, 1.807) is 0 Å². The van der Waals surface area contributed by atoms with Crippen LogP contribution in [0.3, 0.4) is 0 Å². The van der Waals surface area contributed by atoms with E-state index < -0.39 is 0 Å². The highest BCUT2D eigenvalue weighted by Crippen LogP contribution is 2.12. The average Bonchev–Trinajstić information content (AvgIpc) is 2.51. The maximum Gasteiger partial charge on any atom is 0.119 e. The van der Waals surface area contributed by atoms with Crippen LogP contribution < -0.4 is 4.74 Å². The first-order valence-electron chi connectivity index (χ1n) is 8.03. The van der Waals surface area contributed by atoms with Gasteiger partial charge >= 0.3 is 0 Å². The largest absolute Gasteiger partial charge is 0.491 e. The summed E-state index contributed by atoms with van der Waals surface area (Å²) in [5.41, 5.74) is 1.02. The van der Waals surface area contributed by atoms with Gasteiger partial charge in [-0.15, -0.1) is 0 Å². The van der Waals surface area contributed by atoms with E-state index >= 15 is 0 Å².